The largest absolute Gasteiger partial charge is 0.495 e. The lowest BCUT2D eigenvalue weighted by molar-refractivity contribution is 0.417. The molecule has 0 radical (unpaired) electrons. The molecule has 2 N–H and O–H groups in total. The van der Waals surface area contributed by atoms with Gasteiger partial charge < -0.3 is 10.1 Å². The van der Waals surface area contributed by atoms with Crippen LogP contribution >= 0.6 is 0 Å². The predicted molar refractivity (Wildman–Crippen MR) is 75.1 cm³/mol. The zero-order valence-corrected chi connectivity index (χ0v) is 11.1. The quantitative estimate of drug-likeness (QED) is 0.865. The molecule has 2 rings (SSSR count). The Morgan fingerprint density at radius 2 is 2.16 bits per heavy atom. The van der Waals surface area contributed by atoms with Crippen molar-refractivity contribution < 1.29 is 4.74 Å². The number of para-hydroxylation sites is 2. The average Bonchev–Trinajstić information content (AvgIpc) is 2.39. The Hall–Kier alpha value is -2.30. The number of rotatable bonds is 5. The Kier molecular flexibility index (Phi) is 4.18. The van der Waals surface area contributed by atoms with E-state index in [0.717, 1.165) is 24.2 Å². The minimum atomic E-state index is -0.157. The highest BCUT2D eigenvalue weighted by molar-refractivity contribution is 5.62. The lowest BCUT2D eigenvalue weighted by Crippen LogP contribution is -2.12. The van der Waals surface area contributed by atoms with E-state index in [9.17, 15) is 4.79 Å². The fourth-order valence-electron chi connectivity index (χ4n) is 1.83. The van der Waals surface area contributed by atoms with Gasteiger partial charge in [0.15, 0.2) is 0 Å². The molecule has 1 aromatic heterocycles. The highest BCUT2D eigenvalue weighted by Crippen LogP contribution is 2.25. The summed E-state index contributed by atoms with van der Waals surface area (Å²) in [6, 6.07) is 9.01. The first-order valence-electron chi connectivity index (χ1n) is 6.23. The Morgan fingerprint density at radius 3 is 2.89 bits per heavy atom. The number of aromatic amines is 1. The third-order valence-corrected chi connectivity index (χ3v) is 2.66. The first-order valence-corrected chi connectivity index (χ1v) is 6.23. The van der Waals surface area contributed by atoms with Gasteiger partial charge in [-0.15, -0.1) is 0 Å². The molecule has 0 bridgehead atoms. The van der Waals surface area contributed by atoms with Crippen molar-refractivity contribution in [1.82, 2.24) is 9.97 Å². The molecule has 100 valence electrons. The van der Waals surface area contributed by atoms with Gasteiger partial charge in [0.1, 0.15) is 5.75 Å². The molecule has 0 aliphatic carbocycles. The third-order valence-electron chi connectivity index (χ3n) is 2.66. The predicted octanol–water partition coefficient (Wildman–Crippen LogP) is 2.47. The van der Waals surface area contributed by atoms with Gasteiger partial charge in [-0.3, -0.25) is 9.78 Å². The monoisotopic (exact) mass is 259 g/mol. The molecule has 2 aromatic rings. The molecule has 1 aromatic carbocycles. The van der Waals surface area contributed by atoms with Crippen LogP contribution in [0.5, 0.6) is 5.75 Å². The van der Waals surface area contributed by atoms with Crippen molar-refractivity contribution in [3.05, 3.63) is 46.4 Å². The SMILES string of the molecule is CCCc1cc(=O)[nH]c(Nc2ccccc2OC)n1. The van der Waals surface area contributed by atoms with Gasteiger partial charge in [0.25, 0.3) is 5.56 Å². The van der Waals surface area contributed by atoms with Crippen molar-refractivity contribution in [2.75, 3.05) is 12.4 Å². The van der Waals surface area contributed by atoms with E-state index < -0.39 is 0 Å². The second-order valence-electron chi connectivity index (χ2n) is 4.16. The van der Waals surface area contributed by atoms with Crippen molar-refractivity contribution >= 4 is 11.6 Å². The van der Waals surface area contributed by atoms with Gasteiger partial charge >= 0.3 is 0 Å². The van der Waals surface area contributed by atoms with Gasteiger partial charge in [0.05, 0.1) is 12.8 Å². The molecule has 0 amide bonds. The van der Waals surface area contributed by atoms with E-state index in [1.807, 2.05) is 24.3 Å². The number of hydrogen-bond donors (Lipinski definition) is 2. The summed E-state index contributed by atoms with van der Waals surface area (Å²) in [5, 5.41) is 3.07. The molecule has 0 atom stereocenters. The Bertz CT molecular complexity index is 608. The summed E-state index contributed by atoms with van der Waals surface area (Å²) in [5.41, 5.74) is 1.39. The molecule has 0 spiro atoms. The zero-order chi connectivity index (χ0) is 13.7. The molecular formula is C14H17N3O2. The first kappa shape index (κ1) is 13.1. The minimum Gasteiger partial charge on any atom is -0.495 e. The molecule has 0 fully saturated rings. The lowest BCUT2D eigenvalue weighted by Gasteiger charge is -2.10. The van der Waals surface area contributed by atoms with Crippen LogP contribution in [0.4, 0.5) is 11.6 Å². The van der Waals surface area contributed by atoms with Crippen LogP contribution in [0.3, 0.4) is 0 Å². The Balaban J connectivity index is 2.30. The van der Waals surface area contributed by atoms with Gasteiger partial charge in [0.2, 0.25) is 5.95 Å². The molecule has 0 unspecified atom stereocenters. The second-order valence-corrected chi connectivity index (χ2v) is 4.16. The molecular weight excluding hydrogens is 242 g/mol. The smallest absolute Gasteiger partial charge is 0.252 e. The molecule has 19 heavy (non-hydrogen) atoms. The average molecular weight is 259 g/mol. The van der Waals surface area contributed by atoms with E-state index >= 15 is 0 Å². The summed E-state index contributed by atoms with van der Waals surface area (Å²) < 4.78 is 5.24. The number of benzene rings is 1. The number of ether oxygens (including phenoxy) is 1. The molecule has 0 aliphatic rings. The van der Waals surface area contributed by atoms with Crippen LogP contribution in [0, 0.1) is 0 Å². The van der Waals surface area contributed by atoms with Crippen molar-refractivity contribution in [3.63, 3.8) is 0 Å². The maximum Gasteiger partial charge on any atom is 0.252 e. The van der Waals surface area contributed by atoms with E-state index in [1.165, 1.54) is 6.07 Å². The zero-order valence-electron chi connectivity index (χ0n) is 11.1. The normalized spacial score (nSPS) is 10.2. The van der Waals surface area contributed by atoms with Gasteiger partial charge in [-0.1, -0.05) is 25.5 Å². The number of H-pyrrole nitrogens is 1. The van der Waals surface area contributed by atoms with Gasteiger partial charge in [-0.05, 0) is 18.6 Å². The topological polar surface area (TPSA) is 67.0 Å². The van der Waals surface area contributed by atoms with Crippen LogP contribution in [0.1, 0.15) is 19.0 Å². The molecule has 0 saturated heterocycles. The van der Waals surface area contributed by atoms with E-state index in [1.54, 1.807) is 7.11 Å². The van der Waals surface area contributed by atoms with Crippen LogP contribution in [0.25, 0.3) is 0 Å². The Morgan fingerprint density at radius 1 is 1.37 bits per heavy atom. The summed E-state index contributed by atoms with van der Waals surface area (Å²) in [5.74, 6) is 1.13. The number of methoxy groups -OCH3 is 1. The van der Waals surface area contributed by atoms with Crippen LogP contribution in [0.2, 0.25) is 0 Å². The van der Waals surface area contributed by atoms with E-state index in [2.05, 4.69) is 22.2 Å². The fourth-order valence-corrected chi connectivity index (χ4v) is 1.83. The number of hydrogen-bond acceptors (Lipinski definition) is 4. The maximum absolute atomic E-state index is 11.6. The molecule has 0 aliphatic heterocycles. The summed E-state index contributed by atoms with van der Waals surface area (Å²) in [6.45, 7) is 2.05. The number of nitrogens with one attached hydrogen (secondary N) is 2. The first-order chi connectivity index (χ1) is 9.22. The van der Waals surface area contributed by atoms with Crippen LogP contribution < -0.4 is 15.6 Å². The summed E-state index contributed by atoms with van der Waals surface area (Å²) in [7, 11) is 1.60. The summed E-state index contributed by atoms with van der Waals surface area (Å²) in [6.07, 6.45) is 1.73. The van der Waals surface area contributed by atoms with Gasteiger partial charge in [0, 0.05) is 11.8 Å². The van der Waals surface area contributed by atoms with Gasteiger partial charge in [-0.2, -0.15) is 0 Å². The van der Waals surface area contributed by atoms with Gasteiger partial charge in [-0.25, -0.2) is 4.98 Å². The molecule has 1 heterocycles. The van der Waals surface area contributed by atoms with Crippen molar-refractivity contribution in [1.29, 1.82) is 0 Å². The van der Waals surface area contributed by atoms with E-state index in [0.29, 0.717) is 11.7 Å². The number of anilines is 2. The maximum atomic E-state index is 11.6. The van der Waals surface area contributed by atoms with E-state index in [-0.39, 0.29) is 5.56 Å². The molecule has 5 heteroatoms. The van der Waals surface area contributed by atoms with Crippen molar-refractivity contribution in [2.24, 2.45) is 0 Å². The number of nitrogens with zero attached hydrogens (tertiary/aromatic N) is 1. The Labute approximate surface area is 111 Å². The van der Waals surface area contributed by atoms with Crippen LogP contribution in [-0.4, -0.2) is 17.1 Å². The molecule has 5 nitrogen and oxygen atoms in total. The summed E-state index contributed by atoms with van der Waals surface area (Å²) in [4.78, 5) is 18.6. The fraction of sp³-hybridized carbons (Fsp3) is 0.286. The highest BCUT2D eigenvalue weighted by Gasteiger charge is 2.05. The van der Waals surface area contributed by atoms with Crippen molar-refractivity contribution in [3.8, 4) is 5.75 Å². The standard InChI is InChI=1S/C14H17N3O2/c1-3-6-10-9-13(18)17-14(15-10)16-11-7-4-5-8-12(11)19-2/h4-5,7-9H,3,6H2,1-2H3,(H2,15,16,17,18). The number of aromatic nitrogens is 2. The lowest BCUT2D eigenvalue weighted by atomic mass is 10.2. The highest BCUT2D eigenvalue weighted by atomic mass is 16.5. The van der Waals surface area contributed by atoms with Crippen LogP contribution in [0.15, 0.2) is 35.1 Å². The number of aryl methyl sites for hydroxylation is 1. The minimum absolute atomic E-state index is 0.157. The summed E-state index contributed by atoms with van der Waals surface area (Å²) >= 11 is 0. The van der Waals surface area contributed by atoms with Crippen molar-refractivity contribution in [2.45, 2.75) is 19.8 Å². The molecule has 0 saturated carbocycles. The van der Waals surface area contributed by atoms with E-state index in [4.69, 9.17) is 4.74 Å². The van der Waals surface area contributed by atoms with Crippen LogP contribution in [-0.2, 0) is 6.42 Å². The third kappa shape index (κ3) is 3.34. The second kappa shape index (κ2) is 6.04.